The zero-order valence-electron chi connectivity index (χ0n) is 15.2. The summed E-state index contributed by atoms with van der Waals surface area (Å²) in [5, 5.41) is 0. The van der Waals surface area contributed by atoms with Crippen molar-refractivity contribution in [3.8, 4) is 0 Å². The third kappa shape index (κ3) is 3.58. The molecule has 6 atom stereocenters. The summed E-state index contributed by atoms with van der Waals surface area (Å²) in [6.45, 7) is 1.23. The Morgan fingerprint density at radius 2 is 1.92 bits per heavy atom. The first kappa shape index (κ1) is 18.5. The Bertz CT molecular complexity index is 631. The number of esters is 1. The van der Waals surface area contributed by atoms with Gasteiger partial charge in [0.15, 0.2) is 6.29 Å². The SMILES string of the molecule is COC1OCC2C1CC1CCCCC1C2COC(=O)c1ccc(Br)cc1. The molecule has 142 valence electrons. The van der Waals surface area contributed by atoms with E-state index in [0.717, 1.165) is 17.0 Å². The lowest BCUT2D eigenvalue weighted by Gasteiger charge is -2.47. The van der Waals surface area contributed by atoms with Gasteiger partial charge in [0.1, 0.15) is 0 Å². The van der Waals surface area contributed by atoms with Crippen molar-refractivity contribution in [1.29, 1.82) is 0 Å². The van der Waals surface area contributed by atoms with E-state index >= 15 is 0 Å². The second-order valence-corrected chi connectivity index (χ2v) is 8.89. The van der Waals surface area contributed by atoms with Crippen LogP contribution >= 0.6 is 15.9 Å². The molecular formula is C21H27BrO4. The quantitative estimate of drug-likeness (QED) is 0.661. The summed E-state index contributed by atoms with van der Waals surface area (Å²) in [7, 11) is 1.74. The molecule has 6 unspecified atom stereocenters. The molecule has 0 amide bonds. The minimum Gasteiger partial charge on any atom is -0.462 e. The van der Waals surface area contributed by atoms with Gasteiger partial charge in [-0.15, -0.1) is 0 Å². The van der Waals surface area contributed by atoms with Crippen molar-refractivity contribution in [1.82, 2.24) is 0 Å². The van der Waals surface area contributed by atoms with E-state index in [2.05, 4.69) is 15.9 Å². The summed E-state index contributed by atoms with van der Waals surface area (Å²) in [5.74, 6) is 2.42. The molecule has 0 aromatic heterocycles. The third-order valence-electron chi connectivity index (χ3n) is 6.71. The Morgan fingerprint density at radius 1 is 1.15 bits per heavy atom. The maximum atomic E-state index is 12.5. The highest BCUT2D eigenvalue weighted by molar-refractivity contribution is 9.10. The van der Waals surface area contributed by atoms with Gasteiger partial charge in [-0.2, -0.15) is 0 Å². The predicted molar refractivity (Wildman–Crippen MR) is 102 cm³/mol. The van der Waals surface area contributed by atoms with E-state index in [0.29, 0.717) is 35.8 Å². The van der Waals surface area contributed by atoms with Crippen LogP contribution in [-0.2, 0) is 14.2 Å². The van der Waals surface area contributed by atoms with Crippen LogP contribution in [0.5, 0.6) is 0 Å². The first-order valence-corrected chi connectivity index (χ1v) is 10.5. The molecule has 0 radical (unpaired) electrons. The van der Waals surface area contributed by atoms with Crippen LogP contribution < -0.4 is 0 Å². The van der Waals surface area contributed by atoms with Crippen LogP contribution in [0.15, 0.2) is 28.7 Å². The van der Waals surface area contributed by atoms with Crippen LogP contribution in [0.1, 0.15) is 42.5 Å². The fourth-order valence-electron chi connectivity index (χ4n) is 5.47. The Labute approximate surface area is 163 Å². The van der Waals surface area contributed by atoms with Crippen LogP contribution in [0, 0.1) is 29.6 Å². The molecule has 1 aliphatic heterocycles. The van der Waals surface area contributed by atoms with E-state index < -0.39 is 0 Å². The van der Waals surface area contributed by atoms with E-state index in [1.807, 2.05) is 12.1 Å². The second kappa shape index (κ2) is 7.99. The minimum atomic E-state index is -0.228. The zero-order chi connectivity index (χ0) is 18.1. The molecule has 0 N–H and O–H groups in total. The second-order valence-electron chi connectivity index (χ2n) is 7.98. The number of hydrogen-bond donors (Lipinski definition) is 0. The van der Waals surface area contributed by atoms with Gasteiger partial charge in [0, 0.05) is 23.4 Å². The van der Waals surface area contributed by atoms with Gasteiger partial charge in [-0.3, -0.25) is 0 Å². The van der Waals surface area contributed by atoms with Crippen molar-refractivity contribution in [3.05, 3.63) is 34.3 Å². The van der Waals surface area contributed by atoms with Gasteiger partial charge in [0.2, 0.25) is 0 Å². The number of carbonyl (C=O) groups is 1. The van der Waals surface area contributed by atoms with Crippen LogP contribution in [0.3, 0.4) is 0 Å². The fraction of sp³-hybridized carbons (Fsp3) is 0.667. The molecule has 0 spiro atoms. The van der Waals surface area contributed by atoms with E-state index in [9.17, 15) is 4.79 Å². The highest BCUT2D eigenvalue weighted by Gasteiger charge is 2.51. The molecule has 2 saturated carbocycles. The standard InChI is InChI=1S/C21H27BrO4/c1-24-21-17-10-14-4-2-3-5-16(14)18(19(17)12-26-21)11-25-20(23)13-6-8-15(22)9-7-13/h6-9,14,16-19,21H,2-5,10-12H2,1H3. The number of benzene rings is 1. The van der Waals surface area contributed by atoms with Crippen molar-refractivity contribution >= 4 is 21.9 Å². The largest absolute Gasteiger partial charge is 0.462 e. The smallest absolute Gasteiger partial charge is 0.338 e. The van der Waals surface area contributed by atoms with Crippen LogP contribution in [0.2, 0.25) is 0 Å². The molecule has 26 heavy (non-hydrogen) atoms. The lowest BCUT2D eigenvalue weighted by Crippen LogP contribution is -2.45. The number of rotatable bonds is 4. The average molecular weight is 423 g/mol. The third-order valence-corrected chi connectivity index (χ3v) is 7.24. The molecule has 0 bridgehead atoms. The van der Waals surface area contributed by atoms with Gasteiger partial charge in [-0.1, -0.05) is 35.2 Å². The molecule has 3 fully saturated rings. The number of fused-ring (bicyclic) bond motifs is 2. The summed E-state index contributed by atoms with van der Waals surface area (Å²) < 4.78 is 18.2. The van der Waals surface area contributed by atoms with Crippen molar-refractivity contribution in [2.75, 3.05) is 20.3 Å². The molecular weight excluding hydrogens is 396 g/mol. The van der Waals surface area contributed by atoms with Crippen LogP contribution in [0.25, 0.3) is 0 Å². The van der Waals surface area contributed by atoms with Crippen LogP contribution in [0.4, 0.5) is 0 Å². The molecule has 1 saturated heterocycles. The Balaban J connectivity index is 1.47. The van der Waals surface area contributed by atoms with Gasteiger partial charge < -0.3 is 14.2 Å². The number of carbonyl (C=O) groups excluding carboxylic acids is 1. The number of hydrogen-bond acceptors (Lipinski definition) is 4. The van der Waals surface area contributed by atoms with Gasteiger partial charge in [0.05, 0.1) is 18.8 Å². The predicted octanol–water partition coefficient (Wildman–Crippen LogP) is 4.67. The van der Waals surface area contributed by atoms with Gasteiger partial charge >= 0.3 is 5.97 Å². The molecule has 1 heterocycles. The van der Waals surface area contributed by atoms with E-state index in [4.69, 9.17) is 14.2 Å². The van der Waals surface area contributed by atoms with Gasteiger partial charge in [0.25, 0.3) is 0 Å². The Morgan fingerprint density at radius 3 is 2.69 bits per heavy atom. The van der Waals surface area contributed by atoms with E-state index in [-0.39, 0.29) is 12.3 Å². The minimum absolute atomic E-state index is 0.0902. The van der Waals surface area contributed by atoms with E-state index in [1.54, 1.807) is 19.2 Å². The average Bonchev–Trinajstić information content (AvgIpc) is 3.08. The highest BCUT2D eigenvalue weighted by atomic mass is 79.9. The molecule has 4 nitrogen and oxygen atoms in total. The lowest BCUT2D eigenvalue weighted by molar-refractivity contribution is -0.120. The van der Waals surface area contributed by atoms with Crippen molar-refractivity contribution in [2.45, 2.75) is 38.4 Å². The van der Waals surface area contributed by atoms with E-state index in [1.165, 1.54) is 32.1 Å². The Hall–Kier alpha value is -0.910. The van der Waals surface area contributed by atoms with Crippen molar-refractivity contribution in [2.24, 2.45) is 29.6 Å². The first-order chi connectivity index (χ1) is 12.7. The first-order valence-electron chi connectivity index (χ1n) is 9.74. The number of ether oxygens (including phenoxy) is 3. The molecule has 3 aliphatic rings. The summed E-state index contributed by atoms with van der Waals surface area (Å²) in [6, 6.07) is 7.36. The molecule has 4 rings (SSSR count). The summed E-state index contributed by atoms with van der Waals surface area (Å²) in [6.07, 6.45) is 6.28. The highest BCUT2D eigenvalue weighted by Crippen LogP contribution is 2.52. The summed E-state index contributed by atoms with van der Waals surface area (Å²) in [4.78, 5) is 12.5. The Kier molecular flexibility index (Phi) is 5.67. The van der Waals surface area contributed by atoms with Gasteiger partial charge in [-0.25, -0.2) is 4.79 Å². The fourth-order valence-corrected chi connectivity index (χ4v) is 5.74. The summed E-state index contributed by atoms with van der Waals surface area (Å²) >= 11 is 3.40. The maximum absolute atomic E-state index is 12.5. The monoisotopic (exact) mass is 422 g/mol. The molecule has 2 aliphatic carbocycles. The maximum Gasteiger partial charge on any atom is 0.338 e. The van der Waals surface area contributed by atoms with Crippen LogP contribution in [-0.4, -0.2) is 32.6 Å². The molecule has 5 heteroatoms. The lowest BCUT2D eigenvalue weighted by atomic mass is 9.58. The normalized spacial score (nSPS) is 36.2. The number of halogens is 1. The summed E-state index contributed by atoms with van der Waals surface area (Å²) in [5.41, 5.74) is 0.609. The van der Waals surface area contributed by atoms with Crippen molar-refractivity contribution < 1.29 is 19.0 Å². The van der Waals surface area contributed by atoms with Crippen molar-refractivity contribution in [3.63, 3.8) is 0 Å². The molecule has 1 aromatic rings. The topological polar surface area (TPSA) is 44.8 Å². The molecule has 1 aromatic carbocycles. The zero-order valence-corrected chi connectivity index (χ0v) is 16.8. The van der Waals surface area contributed by atoms with Gasteiger partial charge in [-0.05, 0) is 54.9 Å². The number of methoxy groups -OCH3 is 1.